The van der Waals surface area contributed by atoms with Crippen LogP contribution in [0.3, 0.4) is 0 Å². The maximum absolute atomic E-state index is 4.45. The Morgan fingerprint density at radius 1 is 0.577 bits per heavy atom. The number of hydrogen-bond donors (Lipinski definition) is 0. The molecule has 2 saturated heterocycles. The van der Waals surface area contributed by atoms with Gasteiger partial charge in [-0.2, -0.15) is 0 Å². The lowest BCUT2D eigenvalue weighted by molar-refractivity contribution is 0.280. The van der Waals surface area contributed by atoms with Gasteiger partial charge in [-0.15, -0.1) is 0 Å². The number of fused-ring (bicyclic) bond motifs is 2. The zero-order chi connectivity index (χ0) is 18.9. The molecule has 0 aromatic rings. The van der Waals surface area contributed by atoms with Crippen molar-refractivity contribution in [2.24, 2.45) is 35.5 Å². The molecule has 4 unspecified atom stereocenters. The van der Waals surface area contributed by atoms with Gasteiger partial charge in [-0.05, 0) is 65.2 Å². The van der Waals surface area contributed by atoms with Crippen molar-refractivity contribution in [1.82, 2.24) is 9.80 Å². The fourth-order valence-electron chi connectivity index (χ4n) is 6.81. The summed E-state index contributed by atoms with van der Waals surface area (Å²) in [6, 6.07) is 0.970. The van der Waals surface area contributed by atoms with E-state index >= 15 is 0 Å². The van der Waals surface area contributed by atoms with E-state index in [0.29, 0.717) is 35.8 Å². The van der Waals surface area contributed by atoms with Crippen molar-refractivity contribution >= 4 is 0 Å². The molecule has 0 aromatic heterocycles. The Kier molecular flexibility index (Phi) is 4.17. The van der Waals surface area contributed by atoms with Crippen LogP contribution in [0.25, 0.3) is 0 Å². The summed E-state index contributed by atoms with van der Waals surface area (Å²) in [5, 5.41) is 0. The summed E-state index contributed by atoms with van der Waals surface area (Å²) in [5.74, 6) is 4.18. The zero-order valence-electron chi connectivity index (χ0n) is 17.2. The first kappa shape index (κ1) is 17.9. The molecule has 2 aliphatic carbocycles. The first-order valence-electron chi connectivity index (χ1n) is 10.6. The SMILES string of the molecule is C=C1C2CC(C3CC4C(=C)N(C(C)C)C(=C)C4C3)CC2C(=C)N1C(C)C. The Morgan fingerprint density at radius 2 is 0.808 bits per heavy atom. The van der Waals surface area contributed by atoms with E-state index < -0.39 is 0 Å². The van der Waals surface area contributed by atoms with Gasteiger partial charge in [0, 0.05) is 58.5 Å². The predicted octanol–water partition coefficient (Wildman–Crippen LogP) is 5.77. The van der Waals surface area contributed by atoms with Crippen LogP contribution >= 0.6 is 0 Å². The summed E-state index contributed by atoms with van der Waals surface area (Å²) in [6.07, 6.45) is 5.23. The minimum atomic E-state index is 0.485. The van der Waals surface area contributed by atoms with Crippen molar-refractivity contribution in [2.45, 2.75) is 65.5 Å². The molecule has 2 aliphatic heterocycles. The Hall–Kier alpha value is -1.44. The highest BCUT2D eigenvalue weighted by atomic mass is 15.2. The highest BCUT2D eigenvalue weighted by molar-refractivity contribution is 5.30. The van der Waals surface area contributed by atoms with E-state index in [1.165, 1.54) is 48.5 Å². The molecule has 4 fully saturated rings. The highest BCUT2D eigenvalue weighted by Crippen LogP contribution is 2.60. The predicted molar refractivity (Wildman–Crippen MR) is 110 cm³/mol. The first-order chi connectivity index (χ1) is 12.2. The molecule has 2 saturated carbocycles. The Balaban J connectivity index is 1.45. The minimum absolute atomic E-state index is 0.485. The second kappa shape index (κ2) is 6.04. The van der Waals surface area contributed by atoms with Crippen LogP contribution < -0.4 is 0 Å². The second-order valence-corrected chi connectivity index (χ2v) is 9.78. The van der Waals surface area contributed by atoms with Gasteiger partial charge in [-0.3, -0.25) is 0 Å². The fraction of sp³-hybridized carbons (Fsp3) is 0.667. The Labute approximate surface area is 160 Å². The third kappa shape index (κ3) is 2.37. The van der Waals surface area contributed by atoms with E-state index in [0.717, 1.165) is 11.8 Å². The van der Waals surface area contributed by atoms with E-state index in [9.17, 15) is 0 Å². The lowest BCUT2D eigenvalue weighted by atomic mass is 9.86. The van der Waals surface area contributed by atoms with Crippen LogP contribution in [0.1, 0.15) is 53.4 Å². The van der Waals surface area contributed by atoms with Gasteiger partial charge < -0.3 is 9.80 Å². The summed E-state index contributed by atoms with van der Waals surface area (Å²) in [4.78, 5) is 4.80. The van der Waals surface area contributed by atoms with E-state index in [1.807, 2.05) is 0 Å². The molecule has 0 radical (unpaired) electrons. The third-order valence-electron chi connectivity index (χ3n) is 7.85. The minimum Gasteiger partial charge on any atom is -0.347 e. The van der Waals surface area contributed by atoms with E-state index in [1.54, 1.807) is 0 Å². The van der Waals surface area contributed by atoms with Gasteiger partial charge in [0.25, 0.3) is 0 Å². The molecule has 2 heteroatoms. The van der Waals surface area contributed by atoms with E-state index in [-0.39, 0.29) is 0 Å². The number of allylic oxidation sites excluding steroid dienone is 4. The zero-order valence-corrected chi connectivity index (χ0v) is 17.2. The van der Waals surface area contributed by atoms with Gasteiger partial charge >= 0.3 is 0 Å². The molecule has 2 nitrogen and oxygen atoms in total. The van der Waals surface area contributed by atoms with Crippen molar-refractivity contribution < 1.29 is 0 Å². The smallest absolute Gasteiger partial charge is 0.0279 e. The summed E-state index contributed by atoms with van der Waals surface area (Å²) in [5.41, 5.74) is 5.32. The summed E-state index contributed by atoms with van der Waals surface area (Å²) in [6.45, 7) is 26.8. The summed E-state index contributed by atoms with van der Waals surface area (Å²) in [7, 11) is 0. The largest absolute Gasteiger partial charge is 0.347 e. The van der Waals surface area contributed by atoms with Crippen LogP contribution in [0.2, 0.25) is 0 Å². The number of rotatable bonds is 3. The van der Waals surface area contributed by atoms with Crippen molar-refractivity contribution in [1.29, 1.82) is 0 Å². The first-order valence-corrected chi connectivity index (χ1v) is 10.6. The monoisotopic (exact) mass is 352 g/mol. The molecule has 0 amide bonds. The van der Waals surface area contributed by atoms with Crippen molar-refractivity contribution in [3.63, 3.8) is 0 Å². The molecule has 2 heterocycles. The molecular weight excluding hydrogens is 316 g/mol. The topological polar surface area (TPSA) is 6.48 Å². The molecule has 0 bridgehead atoms. The Morgan fingerprint density at radius 3 is 1.00 bits per heavy atom. The molecule has 0 spiro atoms. The van der Waals surface area contributed by atoms with Crippen LogP contribution in [0.5, 0.6) is 0 Å². The van der Waals surface area contributed by atoms with E-state index in [2.05, 4.69) is 63.8 Å². The highest BCUT2D eigenvalue weighted by Gasteiger charge is 2.52. The fourth-order valence-corrected chi connectivity index (χ4v) is 6.81. The summed E-state index contributed by atoms with van der Waals surface area (Å²) < 4.78 is 0. The average molecular weight is 353 g/mol. The quantitative estimate of drug-likeness (QED) is 0.636. The van der Waals surface area contributed by atoms with Crippen molar-refractivity contribution in [3.8, 4) is 0 Å². The number of hydrogen-bond acceptors (Lipinski definition) is 2. The van der Waals surface area contributed by atoms with Gasteiger partial charge in [-0.1, -0.05) is 26.3 Å². The van der Waals surface area contributed by atoms with Crippen LogP contribution in [0.15, 0.2) is 49.1 Å². The second-order valence-electron chi connectivity index (χ2n) is 9.78. The molecule has 142 valence electrons. The maximum Gasteiger partial charge on any atom is 0.0279 e. The standard InChI is InChI=1S/C24H36N2/c1-13(2)25-15(5)21-9-19(10-22(21)16(25)6)20-11-23-17(7)26(14(3)4)18(8)24(23)12-20/h13-14,19-24H,5-12H2,1-4H3. The normalized spacial score (nSPS) is 39.8. The molecule has 4 rings (SSSR count). The van der Waals surface area contributed by atoms with Crippen LogP contribution in [-0.4, -0.2) is 21.9 Å². The van der Waals surface area contributed by atoms with Gasteiger partial charge in [-0.25, -0.2) is 0 Å². The van der Waals surface area contributed by atoms with Gasteiger partial charge in [0.2, 0.25) is 0 Å². The van der Waals surface area contributed by atoms with E-state index in [4.69, 9.17) is 0 Å². The van der Waals surface area contributed by atoms with Gasteiger partial charge in [0.05, 0.1) is 0 Å². The van der Waals surface area contributed by atoms with Gasteiger partial charge in [0.15, 0.2) is 0 Å². The number of likely N-dealkylation sites (tertiary alicyclic amines) is 2. The molecule has 0 N–H and O–H groups in total. The van der Waals surface area contributed by atoms with Crippen molar-refractivity contribution in [2.75, 3.05) is 0 Å². The number of nitrogens with zero attached hydrogens (tertiary/aromatic N) is 2. The molecule has 0 aromatic carbocycles. The molecule has 26 heavy (non-hydrogen) atoms. The lowest BCUT2D eigenvalue weighted by Crippen LogP contribution is -2.27. The maximum atomic E-state index is 4.45. The average Bonchev–Trinajstić information content (AvgIpc) is 3.25. The molecule has 4 atom stereocenters. The molecule has 4 aliphatic rings. The van der Waals surface area contributed by atoms with Crippen molar-refractivity contribution in [3.05, 3.63) is 49.1 Å². The van der Waals surface area contributed by atoms with Gasteiger partial charge in [0.1, 0.15) is 0 Å². The summed E-state index contributed by atoms with van der Waals surface area (Å²) >= 11 is 0. The third-order valence-corrected chi connectivity index (χ3v) is 7.85. The van der Waals surface area contributed by atoms with Crippen LogP contribution in [0, 0.1) is 35.5 Å². The lowest BCUT2D eigenvalue weighted by Gasteiger charge is -2.31. The van der Waals surface area contributed by atoms with Crippen LogP contribution in [0.4, 0.5) is 0 Å². The Bertz CT molecular complexity index is 564. The van der Waals surface area contributed by atoms with Crippen LogP contribution in [-0.2, 0) is 0 Å². The molecular formula is C24H36N2.